The molecule has 0 saturated heterocycles. The molecule has 2 aromatic rings. The van der Waals surface area contributed by atoms with Gasteiger partial charge in [0.15, 0.2) is 6.61 Å². The van der Waals surface area contributed by atoms with Crippen molar-refractivity contribution in [1.82, 2.24) is 4.90 Å². The highest BCUT2D eigenvalue weighted by Crippen LogP contribution is 2.25. The number of nitrogens with one attached hydrogen (secondary N) is 1. The highest BCUT2D eigenvalue weighted by molar-refractivity contribution is 6.35. The largest absolute Gasteiger partial charge is 0.456 e. The third-order valence-electron chi connectivity index (χ3n) is 4.21. The van der Waals surface area contributed by atoms with Crippen LogP contribution in [0.15, 0.2) is 42.5 Å². The molecule has 0 spiro atoms. The summed E-state index contributed by atoms with van der Waals surface area (Å²) in [6.45, 7) is -0.402. The van der Waals surface area contributed by atoms with Crippen LogP contribution in [0.5, 0.6) is 0 Å². The number of benzene rings is 2. The summed E-state index contributed by atoms with van der Waals surface area (Å²) >= 11 is 11.8. The summed E-state index contributed by atoms with van der Waals surface area (Å²) in [6, 6.07) is 11.1. The first-order valence-electron chi connectivity index (χ1n) is 8.72. The van der Waals surface area contributed by atoms with Gasteiger partial charge >= 0.3 is 5.97 Å². The monoisotopic (exact) mass is 434 g/mol. The summed E-state index contributed by atoms with van der Waals surface area (Å²) in [5.41, 5.74) is 1.03. The topological polar surface area (TPSA) is 92.8 Å². The van der Waals surface area contributed by atoms with Crippen LogP contribution in [0.1, 0.15) is 33.6 Å². The Bertz CT molecular complexity index is 958. The Kier molecular flexibility index (Phi) is 6.51. The Morgan fingerprint density at radius 3 is 2.31 bits per heavy atom. The van der Waals surface area contributed by atoms with Gasteiger partial charge in [0.25, 0.3) is 17.7 Å². The van der Waals surface area contributed by atoms with E-state index in [1.165, 1.54) is 12.1 Å². The van der Waals surface area contributed by atoms with Crippen molar-refractivity contribution in [2.24, 2.45) is 0 Å². The molecule has 0 saturated carbocycles. The molecule has 1 aliphatic heterocycles. The van der Waals surface area contributed by atoms with Crippen LogP contribution < -0.4 is 5.32 Å². The summed E-state index contributed by atoms with van der Waals surface area (Å²) in [4.78, 5) is 49.3. The number of rotatable bonds is 7. The van der Waals surface area contributed by atoms with E-state index in [-0.39, 0.29) is 31.2 Å². The Hall–Kier alpha value is -2.90. The second-order valence-corrected chi connectivity index (χ2v) is 7.09. The smallest absolute Gasteiger partial charge is 0.306 e. The highest BCUT2D eigenvalue weighted by Gasteiger charge is 2.34. The maximum absolute atomic E-state index is 12.2. The highest BCUT2D eigenvalue weighted by atomic mass is 35.5. The van der Waals surface area contributed by atoms with E-state index in [1.54, 1.807) is 30.3 Å². The second-order valence-electron chi connectivity index (χ2n) is 6.24. The molecule has 2 aromatic carbocycles. The molecule has 0 bridgehead atoms. The average Bonchev–Trinajstić information content (AvgIpc) is 2.94. The Morgan fingerprint density at radius 1 is 1.00 bits per heavy atom. The lowest BCUT2D eigenvalue weighted by Crippen LogP contribution is -2.31. The van der Waals surface area contributed by atoms with Crippen molar-refractivity contribution in [2.45, 2.75) is 12.8 Å². The van der Waals surface area contributed by atoms with E-state index in [2.05, 4.69) is 5.32 Å². The van der Waals surface area contributed by atoms with Gasteiger partial charge < -0.3 is 10.1 Å². The summed E-state index contributed by atoms with van der Waals surface area (Å²) in [5.74, 6) is -1.94. The average molecular weight is 435 g/mol. The number of amides is 3. The number of fused-ring (bicyclic) bond motifs is 1. The van der Waals surface area contributed by atoms with E-state index in [1.807, 2.05) is 0 Å². The lowest BCUT2D eigenvalue weighted by molar-refractivity contribution is -0.147. The van der Waals surface area contributed by atoms with Crippen LogP contribution in [0.3, 0.4) is 0 Å². The lowest BCUT2D eigenvalue weighted by Gasteiger charge is -2.13. The zero-order valence-electron chi connectivity index (χ0n) is 15.1. The van der Waals surface area contributed by atoms with Crippen molar-refractivity contribution in [3.63, 3.8) is 0 Å². The van der Waals surface area contributed by atoms with E-state index in [4.69, 9.17) is 27.9 Å². The van der Waals surface area contributed by atoms with E-state index in [9.17, 15) is 19.2 Å². The molecule has 7 nitrogen and oxygen atoms in total. The first-order chi connectivity index (χ1) is 13.9. The fraction of sp³-hybridized carbons (Fsp3) is 0.200. The number of anilines is 1. The summed E-state index contributed by atoms with van der Waals surface area (Å²) < 4.78 is 4.91. The van der Waals surface area contributed by atoms with Gasteiger partial charge in [0.2, 0.25) is 0 Å². The third kappa shape index (κ3) is 4.93. The number of hydrogen-bond donors (Lipinski definition) is 1. The molecule has 150 valence electrons. The van der Waals surface area contributed by atoms with E-state index in [0.29, 0.717) is 26.9 Å². The molecule has 0 aromatic heterocycles. The number of carbonyl (C=O) groups excluding carboxylic acids is 4. The fourth-order valence-corrected chi connectivity index (χ4v) is 3.16. The Morgan fingerprint density at radius 2 is 1.66 bits per heavy atom. The predicted octanol–water partition coefficient (Wildman–Crippen LogP) is 3.55. The number of imide groups is 1. The summed E-state index contributed by atoms with van der Waals surface area (Å²) in [6.07, 6.45) is 0.185. The van der Waals surface area contributed by atoms with Crippen molar-refractivity contribution in [3.8, 4) is 0 Å². The molecule has 29 heavy (non-hydrogen) atoms. The predicted molar refractivity (Wildman–Crippen MR) is 107 cm³/mol. The number of esters is 1. The zero-order chi connectivity index (χ0) is 21.0. The Labute approximate surface area is 176 Å². The van der Waals surface area contributed by atoms with Crippen molar-refractivity contribution < 1.29 is 23.9 Å². The molecule has 0 radical (unpaired) electrons. The van der Waals surface area contributed by atoms with Crippen LogP contribution in [0, 0.1) is 0 Å². The van der Waals surface area contributed by atoms with Gasteiger partial charge in [-0.2, -0.15) is 0 Å². The second kappa shape index (κ2) is 9.07. The van der Waals surface area contributed by atoms with E-state index < -0.39 is 18.5 Å². The van der Waals surface area contributed by atoms with Crippen molar-refractivity contribution >= 4 is 52.6 Å². The fourth-order valence-electron chi connectivity index (χ4n) is 2.82. The van der Waals surface area contributed by atoms with Gasteiger partial charge in [0.1, 0.15) is 0 Å². The van der Waals surface area contributed by atoms with Crippen LogP contribution in [0.4, 0.5) is 5.69 Å². The first kappa shape index (κ1) is 20.8. The van der Waals surface area contributed by atoms with Crippen LogP contribution in [0.25, 0.3) is 0 Å². The first-order valence-corrected chi connectivity index (χ1v) is 9.48. The summed E-state index contributed by atoms with van der Waals surface area (Å²) in [5, 5.41) is 3.20. The number of halogens is 2. The number of carbonyl (C=O) groups is 4. The molecule has 3 amide bonds. The van der Waals surface area contributed by atoms with Gasteiger partial charge in [-0.15, -0.1) is 0 Å². The van der Waals surface area contributed by atoms with Crippen LogP contribution in [-0.2, 0) is 14.3 Å². The summed E-state index contributed by atoms with van der Waals surface area (Å²) in [7, 11) is 0. The standard InChI is InChI=1S/C20H16Cl2N2O5/c21-12-7-8-15(22)16(10-12)23-17(25)11-29-18(26)6-3-9-24-19(27)13-4-1-2-5-14(13)20(24)28/h1-2,4-5,7-8,10H,3,6,9,11H2,(H,23,25). The molecule has 0 fully saturated rings. The molecule has 0 atom stereocenters. The number of ether oxygens (including phenoxy) is 1. The van der Waals surface area contributed by atoms with Gasteiger partial charge in [-0.05, 0) is 36.8 Å². The SMILES string of the molecule is O=C(COC(=O)CCCN1C(=O)c2ccccc2C1=O)Nc1cc(Cl)ccc1Cl. The zero-order valence-corrected chi connectivity index (χ0v) is 16.6. The number of hydrogen-bond acceptors (Lipinski definition) is 5. The Balaban J connectivity index is 1.42. The molecule has 3 rings (SSSR count). The van der Waals surface area contributed by atoms with Crippen molar-refractivity contribution in [1.29, 1.82) is 0 Å². The molecular formula is C20H16Cl2N2O5. The van der Waals surface area contributed by atoms with Gasteiger partial charge in [0, 0.05) is 18.0 Å². The minimum atomic E-state index is -0.617. The molecular weight excluding hydrogens is 419 g/mol. The molecule has 1 heterocycles. The van der Waals surface area contributed by atoms with Gasteiger partial charge in [-0.1, -0.05) is 35.3 Å². The molecule has 0 unspecified atom stereocenters. The van der Waals surface area contributed by atoms with Crippen LogP contribution in [-0.4, -0.2) is 41.7 Å². The van der Waals surface area contributed by atoms with Crippen molar-refractivity contribution in [3.05, 3.63) is 63.6 Å². The maximum Gasteiger partial charge on any atom is 0.306 e. The van der Waals surface area contributed by atoms with E-state index in [0.717, 1.165) is 4.90 Å². The van der Waals surface area contributed by atoms with Crippen molar-refractivity contribution in [2.75, 3.05) is 18.5 Å². The quantitative estimate of drug-likeness (QED) is 0.531. The van der Waals surface area contributed by atoms with Crippen LogP contribution >= 0.6 is 23.2 Å². The molecule has 0 aliphatic carbocycles. The third-order valence-corrected chi connectivity index (χ3v) is 4.77. The van der Waals surface area contributed by atoms with Gasteiger partial charge in [-0.3, -0.25) is 24.1 Å². The van der Waals surface area contributed by atoms with Gasteiger partial charge in [0.05, 0.1) is 21.8 Å². The molecule has 1 aliphatic rings. The molecule has 1 N–H and O–H groups in total. The lowest BCUT2D eigenvalue weighted by atomic mass is 10.1. The normalized spacial score (nSPS) is 12.7. The number of nitrogens with zero attached hydrogens (tertiary/aromatic N) is 1. The van der Waals surface area contributed by atoms with Gasteiger partial charge in [-0.25, -0.2) is 0 Å². The van der Waals surface area contributed by atoms with Crippen LogP contribution in [0.2, 0.25) is 10.0 Å². The minimum Gasteiger partial charge on any atom is -0.456 e. The molecule has 9 heteroatoms. The maximum atomic E-state index is 12.2. The minimum absolute atomic E-state index is 0.0430. The van der Waals surface area contributed by atoms with E-state index >= 15 is 0 Å².